The van der Waals surface area contributed by atoms with Crippen LogP contribution in [0.4, 0.5) is 5.69 Å². The van der Waals surface area contributed by atoms with Gasteiger partial charge in [0.1, 0.15) is 27.0 Å². The van der Waals surface area contributed by atoms with E-state index < -0.39 is 4.92 Å². The minimum Gasteiger partial charge on any atom is -0.341 e. The van der Waals surface area contributed by atoms with Gasteiger partial charge >= 0.3 is 0 Å². The molecule has 0 aromatic carbocycles. The Hall–Kier alpha value is -2.26. The minimum atomic E-state index is -0.524. The van der Waals surface area contributed by atoms with E-state index >= 15 is 0 Å². The summed E-state index contributed by atoms with van der Waals surface area (Å²) in [6, 6.07) is 2.53. The van der Waals surface area contributed by atoms with Crippen molar-refractivity contribution in [1.82, 2.24) is 24.9 Å². The largest absolute Gasteiger partial charge is 0.341 e. The fraction of sp³-hybridized carbons (Fsp3) is 0. The van der Waals surface area contributed by atoms with Crippen LogP contribution in [-0.4, -0.2) is 29.8 Å². The number of rotatable bonds is 3. The summed E-state index contributed by atoms with van der Waals surface area (Å²) in [4.78, 5) is 29.3. The lowest BCUT2D eigenvalue weighted by Crippen LogP contribution is -1.92. The predicted molar refractivity (Wildman–Crippen MR) is 71.7 cm³/mol. The van der Waals surface area contributed by atoms with Crippen molar-refractivity contribution in [3.05, 3.63) is 40.1 Å². The lowest BCUT2D eigenvalue weighted by atomic mass is 10.4. The predicted octanol–water partition coefficient (Wildman–Crippen LogP) is 2.46. The molecule has 1 N–H and O–H groups in total. The molecule has 3 aromatic heterocycles. The van der Waals surface area contributed by atoms with Gasteiger partial charge in [0.2, 0.25) is 0 Å². The molecule has 8 nitrogen and oxygen atoms in total. The molecular weight excluding hydrogens is 304 g/mol. The van der Waals surface area contributed by atoms with E-state index in [-0.39, 0.29) is 10.8 Å². The summed E-state index contributed by atoms with van der Waals surface area (Å²) >= 11 is 6.92. The second-order valence-electron chi connectivity index (χ2n) is 3.63. The van der Waals surface area contributed by atoms with Gasteiger partial charge in [0.05, 0.1) is 17.3 Å². The summed E-state index contributed by atoms with van der Waals surface area (Å²) in [6.07, 6.45) is 2.86. The molecule has 20 heavy (non-hydrogen) atoms. The molecule has 0 fully saturated rings. The molecule has 3 aromatic rings. The molecule has 0 spiro atoms. The van der Waals surface area contributed by atoms with E-state index in [4.69, 9.17) is 11.6 Å². The highest BCUT2D eigenvalue weighted by Gasteiger charge is 2.14. The Morgan fingerprint density at radius 1 is 1.30 bits per heavy atom. The van der Waals surface area contributed by atoms with E-state index in [0.717, 1.165) is 11.8 Å². The first-order valence-corrected chi connectivity index (χ1v) is 6.47. The fourth-order valence-electron chi connectivity index (χ4n) is 1.54. The van der Waals surface area contributed by atoms with Crippen LogP contribution in [0.25, 0.3) is 11.2 Å². The zero-order valence-electron chi connectivity index (χ0n) is 9.65. The fourth-order valence-corrected chi connectivity index (χ4v) is 2.66. The maximum absolute atomic E-state index is 10.8. The zero-order chi connectivity index (χ0) is 14.1. The van der Waals surface area contributed by atoms with E-state index in [1.165, 1.54) is 24.8 Å². The molecule has 0 aliphatic carbocycles. The molecule has 0 saturated heterocycles. The molecule has 3 heterocycles. The Kier molecular flexibility index (Phi) is 3.20. The number of pyridine rings is 1. The summed E-state index contributed by atoms with van der Waals surface area (Å²) in [6.45, 7) is 0. The average Bonchev–Trinajstić information content (AvgIpc) is 2.87. The number of hydrogen-bond donors (Lipinski definition) is 1. The lowest BCUT2D eigenvalue weighted by Gasteiger charge is -2.01. The number of aromatic amines is 1. The summed E-state index contributed by atoms with van der Waals surface area (Å²) in [7, 11) is 0. The van der Waals surface area contributed by atoms with Gasteiger partial charge in [0.15, 0.2) is 5.65 Å². The van der Waals surface area contributed by atoms with Gasteiger partial charge in [-0.1, -0.05) is 11.6 Å². The van der Waals surface area contributed by atoms with E-state index in [1.807, 2.05) is 0 Å². The smallest absolute Gasteiger partial charge is 0.275 e. The van der Waals surface area contributed by atoms with Gasteiger partial charge in [-0.25, -0.2) is 19.9 Å². The average molecular weight is 309 g/mol. The van der Waals surface area contributed by atoms with Crippen molar-refractivity contribution in [3.63, 3.8) is 0 Å². The number of halogens is 1. The molecule has 0 saturated carbocycles. The van der Waals surface area contributed by atoms with Gasteiger partial charge in [-0.05, 0) is 11.8 Å². The van der Waals surface area contributed by atoms with E-state index in [2.05, 4.69) is 24.9 Å². The molecule has 100 valence electrons. The minimum absolute atomic E-state index is 0.0524. The maximum Gasteiger partial charge on any atom is 0.275 e. The van der Waals surface area contributed by atoms with E-state index in [1.54, 1.807) is 0 Å². The normalized spacial score (nSPS) is 10.8. The highest BCUT2D eigenvalue weighted by molar-refractivity contribution is 7.99. The van der Waals surface area contributed by atoms with Crippen LogP contribution < -0.4 is 0 Å². The van der Waals surface area contributed by atoms with Gasteiger partial charge in [-0.15, -0.1) is 0 Å². The standard InChI is InChI=1S/C10H5ClN6O2S/c11-6-1-5(17(18)19)2-7(16-6)20-10-8-9(13-3-12-8)14-4-15-10/h1-4H,(H,12,13,14,15). The molecular formula is C10H5ClN6O2S. The van der Waals surface area contributed by atoms with Crippen LogP contribution in [0, 0.1) is 10.1 Å². The molecule has 0 unspecified atom stereocenters. The highest BCUT2D eigenvalue weighted by Crippen LogP contribution is 2.31. The van der Waals surface area contributed by atoms with Gasteiger partial charge in [0, 0.05) is 6.07 Å². The SMILES string of the molecule is O=[N+]([O-])c1cc(Cl)nc(Sc2ncnc3nc[nH]c23)c1. The molecule has 10 heteroatoms. The van der Waals surface area contributed by atoms with Crippen LogP contribution >= 0.6 is 23.4 Å². The highest BCUT2D eigenvalue weighted by atomic mass is 35.5. The number of imidazole rings is 1. The van der Waals surface area contributed by atoms with Gasteiger partial charge in [0.25, 0.3) is 5.69 Å². The van der Waals surface area contributed by atoms with Crippen molar-refractivity contribution in [3.8, 4) is 0 Å². The number of nitro groups is 1. The first-order valence-electron chi connectivity index (χ1n) is 5.27. The number of nitrogens with one attached hydrogen (secondary N) is 1. The van der Waals surface area contributed by atoms with E-state index in [0.29, 0.717) is 21.2 Å². The lowest BCUT2D eigenvalue weighted by molar-refractivity contribution is -0.385. The van der Waals surface area contributed by atoms with Gasteiger partial charge < -0.3 is 4.98 Å². The van der Waals surface area contributed by atoms with E-state index in [9.17, 15) is 10.1 Å². The zero-order valence-corrected chi connectivity index (χ0v) is 11.2. The van der Waals surface area contributed by atoms with Crippen molar-refractivity contribution in [2.24, 2.45) is 0 Å². The maximum atomic E-state index is 10.8. The number of aromatic nitrogens is 5. The van der Waals surface area contributed by atoms with Crippen LogP contribution in [-0.2, 0) is 0 Å². The van der Waals surface area contributed by atoms with Crippen LogP contribution in [0.5, 0.6) is 0 Å². The Balaban J connectivity index is 2.02. The first kappa shape index (κ1) is 12.8. The molecule has 0 atom stereocenters. The quantitative estimate of drug-likeness (QED) is 0.342. The molecule has 0 aliphatic heterocycles. The van der Waals surface area contributed by atoms with Crippen molar-refractivity contribution >= 4 is 40.2 Å². The van der Waals surface area contributed by atoms with Crippen LogP contribution in [0.1, 0.15) is 0 Å². The van der Waals surface area contributed by atoms with Crippen molar-refractivity contribution in [2.45, 2.75) is 10.1 Å². The molecule has 0 aliphatic rings. The Labute approximate surface area is 120 Å². The Morgan fingerprint density at radius 3 is 2.95 bits per heavy atom. The van der Waals surface area contributed by atoms with Gasteiger partial charge in [-0.3, -0.25) is 10.1 Å². The molecule has 0 radical (unpaired) electrons. The third-order valence-corrected chi connectivity index (χ3v) is 3.47. The van der Waals surface area contributed by atoms with Crippen molar-refractivity contribution in [1.29, 1.82) is 0 Å². The summed E-state index contributed by atoms with van der Waals surface area (Å²) < 4.78 is 0. The Bertz CT molecular complexity index is 807. The second-order valence-corrected chi connectivity index (χ2v) is 5.02. The third kappa shape index (κ3) is 2.40. The Morgan fingerprint density at radius 2 is 2.15 bits per heavy atom. The monoisotopic (exact) mass is 308 g/mol. The number of nitrogens with zero attached hydrogens (tertiary/aromatic N) is 5. The second kappa shape index (κ2) is 5.02. The number of fused-ring (bicyclic) bond motifs is 1. The summed E-state index contributed by atoms with van der Waals surface area (Å²) in [5, 5.41) is 11.8. The third-order valence-electron chi connectivity index (χ3n) is 2.36. The molecule has 0 bridgehead atoms. The van der Waals surface area contributed by atoms with Crippen LogP contribution in [0.2, 0.25) is 5.15 Å². The topological polar surface area (TPSA) is 110 Å². The van der Waals surface area contributed by atoms with Crippen molar-refractivity contribution in [2.75, 3.05) is 0 Å². The number of hydrogen-bond acceptors (Lipinski definition) is 7. The van der Waals surface area contributed by atoms with Crippen LogP contribution in [0.15, 0.2) is 34.8 Å². The van der Waals surface area contributed by atoms with Crippen molar-refractivity contribution < 1.29 is 4.92 Å². The first-order chi connectivity index (χ1) is 9.63. The van der Waals surface area contributed by atoms with Crippen LogP contribution in [0.3, 0.4) is 0 Å². The molecule has 3 rings (SSSR count). The molecule has 0 amide bonds. The number of H-pyrrole nitrogens is 1. The summed E-state index contributed by atoms with van der Waals surface area (Å²) in [5.74, 6) is 0. The van der Waals surface area contributed by atoms with Gasteiger partial charge in [-0.2, -0.15) is 0 Å². The summed E-state index contributed by atoms with van der Waals surface area (Å²) in [5.41, 5.74) is 1.03.